The first-order valence-electron chi connectivity index (χ1n) is 8.30. The molecule has 5 nitrogen and oxygen atoms in total. The van der Waals surface area contributed by atoms with E-state index in [1.165, 1.54) is 12.1 Å². The van der Waals surface area contributed by atoms with E-state index in [0.29, 0.717) is 35.9 Å². The Morgan fingerprint density at radius 2 is 1.76 bits per heavy atom. The lowest BCUT2D eigenvalue weighted by molar-refractivity contribution is 0.0595. The monoisotopic (exact) mass is 343 g/mol. The number of rotatable bonds is 3. The number of fused-ring (bicyclic) bond motifs is 1. The van der Waals surface area contributed by atoms with Crippen LogP contribution in [-0.4, -0.2) is 36.8 Å². The lowest BCUT2D eigenvalue weighted by Crippen LogP contribution is -2.41. The van der Waals surface area contributed by atoms with Gasteiger partial charge in [0.25, 0.3) is 5.91 Å². The smallest absolute Gasteiger partial charge is 0.253 e. The quantitative estimate of drug-likeness (QED) is 0.858. The highest BCUT2D eigenvalue weighted by molar-refractivity contribution is 5.95. The molecular weight excluding hydrogens is 325 g/mol. The number of hydrogen-bond donors (Lipinski definition) is 0. The summed E-state index contributed by atoms with van der Waals surface area (Å²) in [6.45, 7) is 1.44. The molecule has 0 aromatic heterocycles. The first-order valence-corrected chi connectivity index (χ1v) is 8.30. The molecule has 1 amide bonds. The molecule has 2 aliphatic heterocycles. The molecule has 1 saturated heterocycles. The topological polar surface area (TPSA) is 48.0 Å². The Morgan fingerprint density at radius 3 is 2.52 bits per heavy atom. The van der Waals surface area contributed by atoms with Crippen LogP contribution in [0.1, 0.15) is 23.2 Å². The first-order chi connectivity index (χ1) is 12.2. The fraction of sp³-hybridized carbons (Fsp3) is 0.316. The molecule has 0 N–H and O–H groups in total. The zero-order valence-corrected chi connectivity index (χ0v) is 13.6. The minimum Gasteiger partial charge on any atom is -0.490 e. The Kier molecular flexibility index (Phi) is 4.17. The van der Waals surface area contributed by atoms with E-state index in [9.17, 15) is 9.18 Å². The van der Waals surface area contributed by atoms with Gasteiger partial charge in [-0.3, -0.25) is 4.79 Å². The summed E-state index contributed by atoms with van der Waals surface area (Å²) in [5.41, 5.74) is 0.599. The predicted molar refractivity (Wildman–Crippen MR) is 88.5 cm³/mol. The Balaban J connectivity index is 1.35. The number of carbonyl (C=O) groups is 1. The van der Waals surface area contributed by atoms with Crippen LogP contribution in [-0.2, 0) is 0 Å². The molecular formula is C19H18FNO4. The Labute approximate surface area is 144 Å². The molecule has 4 rings (SSSR count). The highest BCUT2D eigenvalue weighted by Crippen LogP contribution is 2.33. The second-order valence-electron chi connectivity index (χ2n) is 6.13. The molecule has 0 bridgehead atoms. The van der Waals surface area contributed by atoms with Crippen molar-refractivity contribution in [2.75, 3.05) is 19.9 Å². The van der Waals surface area contributed by atoms with Crippen molar-refractivity contribution in [3.63, 3.8) is 0 Å². The van der Waals surface area contributed by atoms with E-state index >= 15 is 0 Å². The molecule has 1 fully saturated rings. The summed E-state index contributed by atoms with van der Waals surface area (Å²) in [5.74, 6) is 1.64. The molecule has 0 aliphatic carbocycles. The van der Waals surface area contributed by atoms with E-state index in [-0.39, 0.29) is 24.6 Å². The van der Waals surface area contributed by atoms with Gasteiger partial charge in [0.1, 0.15) is 17.7 Å². The van der Waals surface area contributed by atoms with Gasteiger partial charge in [-0.2, -0.15) is 0 Å². The van der Waals surface area contributed by atoms with Crippen molar-refractivity contribution in [1.82, 2.24) is 4.90 Å². The summed E-state index contributed by atoms with van der Waals surface area (Å²) in [4.78, 5) is 14.5. The number of nitrogens with zero attached hydrogens (tertiary/aromatic N) is 1. The van der Waals surface area contributed by atoms with Gasteiger partial charge in [0.15, 0.2) is 11.5 Å². The van der Waals surface area contributed by atoms with Gasteiger partial charge in [-0.15, -0.1) is 0 Å². The van der Waals surface area contributed by atoms with Gasteiger partial charge in [0.2, 0.25) is 6.79 Å². The van der Waals surface area contributed by atoms with E-state index in [0.717, 1.165) is 12.8 Å². The summed E-state index contributed by atoms with van der Waals surface area (Å²) < 4.78 is 29.4. The minimum atomic E-state index is -0.281. The van der Waals surface area contributed by atoms with Crippen molar-refractivity contribution in [2.24, 2.45) is 0 Å². The summed E-state index contributed by atoms with van der Waals surface area (Å²) in [6.07, 6.45) is 1.52. The minimum absolute atomic E-state index is 0.0152. The number of hydrogen-bond acceptors (Lipinski definition) is 4. The third-order valence-electron chi connectivity index (χ3n) is 4.47. The van der Waals surface area contributed by atoms with Crippen molar-refractivity contribution in [3.8, 4) is 17.2 Å². The maximum absolute atomic E-state index is 12.9. The van der Waals surface area contributed by atoms with Crippen molar-refractivity contribution in [2.45, 2.75) is 18.9 Å². The third-order valence-corrected chi connectivity index (χ3v) is 4.47. The van der Waals surface area contributed by atoms with Gasteiger partial charge in [0.05, 0.1) is 0 Å². The van der Waals surface area contributed by atoms with Crippen LogP contribution in [0.4, 0.5) is 4.39 Å². The standard InChI is InChI=1S/C19H18FNO4/c20-14-2-4-15(5-3-14)25-16-7-9-21(10-8-16)19(22)13-1-6-17-18(11-13)24-12-23-17/h1-6,11,16H,7-10,12H2. The van der Waals surface area contributed by atoms with E-state index in [1.807, 2.05) is 4.90 Å². The van der Waals surface area contributed by atoms with Crippen molar-refractivity contribution >= 4 is 5.91 Å². The SMILES string of the molecule is O=C(c1ccc2c(c1)OCO2)N1CCC(Oc2ccc(F)cc2)CC1. The molecule has 2 aromatic rings. The molecule has 2 aliphatic rings. The Morgan fingerprint density at radius 1 is 1.04 bits per heavy atom. The van der Waals surface area contributed by atoms with Crippen LogP contribution in [0.2, 0.25) is 0 Å². The molecule has 0 unspecified atom stereocenters. The maximum Gasteiger partial charge on any atom is 0.253 e. The largest absolute Gasteiger partial charge is 0.490 e. The summed E-state index contributed by atoms with van der Waals surface area (Å²) in [5, 5.41) is 0. The first kappa shape index (κ1) is 15.7. The Hall–Kier alpha value is -2.76. The lowest BCUT2D eigenvalue weighted by atomic mass is 10.1. The third kappa shape index (κ3) is 3.38. The van der Waals surface area contributed by atoms with Crippen LogP contribution in [0.25, 0.3) is 0 Å². The molecule has 0 radical (unpaired) electrons. The van der Waals surface area contributed by atoms with Crippen LogP contribution in [0.5, 0.6) is 17.2 Å². The molecule has 0 spiro atoms. The van der Waals surface area contributed by atoms with Crippen LogP contribution in [0.3, 0.4) is 0 Å². The van der Waals surface area contributed by atoms with Gasteiger partial charge in [-0.1, -0.05) is 0 Å². The van der Waals surface area contributed by atoms with Gasteiger partial charge < -0.3 is 19.1 Å². The zero-order valence-electron chi connectivity index (χ0n) is 13.6. The second kappa shape index (κ2) is 6.63. The molecule has 0 atom stereocenters. The number of benzene rings is 2. The van der Waals surface area contributed by atoms with Crippen molar-refractivity contribution < 1.29 is 23.4 Å². The van der Waals surface area contributed by atoms with Crippen LogP contribution >= 0.6 is 0 Å². The number of carbonyl (C=O) groups excluding carboxylic acids is 1. The molecule has 25 heavy (non-hydrogen) atoms. The van der Waals surface area contributed by atoms with Crippen molar-refractivity contribution in [3.05, 3.63) is 53.8 Å². The van der Waals surface area contributed by atoms with Crippen LogP contribution in [0.15, 0.2) is 42.5 Å². The van der Waals surface area contributed by atoms with E-state index in [2.05, 4.69) is 0 Å². The fourth-order valence-corrected chi connectivity index (χ4v) is 3.09. The van der Waals surface area contributed by atoms with Gasteiger partial charge in [0, 0.05) is 31.5 Å². The van der Waals surface area contributed by atoms with Crippen LogP contribution < -0.4 is 14.2 Å². The normalized spacial score (nSPS) is 16.8. The number of likely N-dealkylation sites (tertiary alicyclic amines) is 1. The maximum atomic E-state index is 12.9. The molecule has 2 heterocycles. The van der Waals surface area contributed by atoms with E-state index in [1.54, 1.807) is 30.3 Å². The molecule has 6 heteroatoms. The molecule has 2 aromatic carbocycles. The fourth-order valence-electron chi connectivity index (χ4n) is 3.09. The van der Waals surface area contributed by atoms with Gasteiger partial charge in [-0.25, -0.2) is 4.39 Å². The summed E-state index contributed by atoms with van der Waals surface area (Å²) >= 11 is 0. The zero-order chi connectivity index (χ0) is 17.2. The number of piperidine rings is 1. The van der Waals surface area contributed by atoms with Crippen molar-refractivity contribution in [1.29, 1.82) is 0 Å². The predicted octanol–water partition coefficient (Wildman–Crippen LogP) is 3.24. The average molecular weight is 343 g/mol. The highest BCUT2D eigenvalue weighted by atomic mass is 19.1. The number of amides is 1. The van der Waals surface area contributed by atoms with Crippen LogP contribution in [0, 0.1) is 5.82 Å². The molecule has 0 saturated carbocycles. The lowest BCUT2D eigenvalue weighted by Gasteiger charge is -2.32. The highest BCUT2D eigenvalue weighted by Gasteiger charge is 2.26. The van der Waals surface area contributed by atoms with Gasteiger partial charge in [-0.05, 0) is 42.5 Å². The molecule has 130 valence electrons. The second-order valence-corrected chi connectivity index (χ2v) is 6.13. The Bertz CT molecular complexity index is 769. The number of ether oxygens (including phenoxy) is 3. The summed E-state index contributed by atoms with van der Waals surface area (Å²) in [6, 6.07) is 11.3. The van der Waals surface area contributed by atoms with E-state index < -0.39 is 0 Å². The van der Waals surface area contributed by atoms with Gasteiger partial charge >= 0.3 is 0 Å². The van der Waals surface area contributed by atoms with E-state index in [4.69, 9.17) is 14.2 Å². The average Bonchev–Trinajstić information content (AvgIpc) is 3.11. The summed E-state index contributed by atoms with van der Waals surface area (Å²) in [7, 11) is 0. The number of halogens is 1.